The first-order chi connectivity index (χ1) is 7.78. The van der Waals surface area contributed by atoms with Gasteiger partial charge in [-0.1, -0.05) is 0 Å². The van der Waals surface area contributed by atoms with Gasteiger partial charge in [-0.2, -0.15) is 0 Å². The Kier molecular flexibility index (Phi) is 3.85. The molecule has 1 aromatic heterocycles. The number of aryl methyl sites for hydroxylation is 1. The van der Waals surface area contributed by atoms with Crippen molar-refractivity contribution in [3.8, 4) is 0 Å². The predicted octanol–water partition coefficient (Wildman–Crippen LogP) is 1.23. The molecule has 0 saturated carbocycles. The number of aromatic nitrogens is 2. The van der Waals surface area contributed by atoms with E-state index in [4.69, 9.17) is 4.74 Å². The number of rotatable bonds is 4. The Morgan fingerprint density at radius 2 is 2.38 bits per heavy atom. The van der Waals surface area contributed by atoms with Gasteiger partial charge in [-0.05, 0) is 32.9 Å². The van der Waals surface area contributed by atoms with Crippen LogP contribution in [0.3, 0.4) is 0 Å². The summed E-state index contributed by atoms with van der Waals surface area (Å²) >= 11 is 0. The fraction of sp³-hybridized carbons (Fsp3) is 0.667. The third-order valence-corrected chi connectivity index (χ3v) is 2.75. The van der Waals surface area contributed by atoms with Crippen molar-refractivity contribution in [2.45, 2.75) is 38.8 Å². The van der Waals surface area contributed by atoms with Gasteiger partial charge >= 0.3 is 0 Å². The van der Waals surface area contributed by atoms with Crippen LogP contribution in [0.1, 0.15) is 30.1 Å². The minimum atomic E-state index is 0.323. The van der Waals surface area contributed by atoms with Crippen molar-refractivity contribution < 1.29 is 4.74 Å². The van der Waals surface area contributed by atoms with Gasteiger partial charge in [-0.15, -0.1) is 0 Å². The Labute approximate surface area is 96.4 Å². The summed E-state index contributed by atoms with van der Waals surface area (Å²) in [5.74, 6) is 0.914. The van der Waals surface area contributed by atoms with E-state index in [-0.39, 0.29) is 0 Å². The first-order valence-electron chi connectivity index (χ1n) is 5.87. The summed E-state index contributed by atoms with van der Waals surface area (Å²) in [6.07, 6.45) is 3.47. The summed E-state index contributed by atoms with van der Waals surface area (Å²) in [4.78, 5) is 8.99. The molecule has 16 heavy (non-hydrogen) atoms. The molecule has 2 heterocycles. The van der Waals surface area contributed by atoms with E-state index in [0.717, 1.165) is 43.2 Å². The van der Waals surface area contributed by atoms with Crippen LogP contribution in [-0.4, -0.2) is 29.7 Å². The standard InChI is InChI=1S/C12H19N3O/c1-9-6-10(8-13-2)15-12(14-9)7-11-4-3-5-16-11/h6,11,13H,3-5,7-8H2,1-2H3. The summed E-state index contributed by atoms with van der Waals surface area (Å²) in [6, 6.07) is 2.02. The highest BCUT2D eigenvalue weighted by Gasteiger charge is 2.17. The Morgan fingerprint density at radius 1 is 1.50 bits per heavy atom. The topological polar surface area (TPSA) is 47.0 Å². The molecule has 0 amide bonds. The van der Waals surface area contributed by atoms with E-state index < -0.39 is 0 Å². The number of ether oxygens (including phenoxy) is 1. The van der Waals surface area contributed by atoms with Crippen LogP contribution >= 0.6 is 0 Å². The normalized spacial score (nSPS) is 20.2. The molecule has 0 spiro atoms. The lowest BCUT2D eigenvalue weighted by Gasteiger charge is -2.10. The van der Waals surface area contributed by atoms with Gasteiger partial charge in [0.1, 0.15) is 5.82 Å². The van der Waals surface area contributed by atoms with E-state index in [9.17, 15) is 0 Å². The average molecular weight is 221 g/mol. The minimum absolute atomic E-state index is 0.323. The zero-order chi connectivity index (χ0) is 11.4. The van der Waals surface area contributed by atoms with Crippen LogP contribution in [0.15, 0.2) is 6.07 Å². The number of nitrogens with zero attached hydrogens (tertiary/aromatic N) is 2. The van der Waals surface area contributed by atoms with E-state index in [0.29, 0.717) is 6.10 Å². The molecule has 1 unspecified atom stereocenters. The fourth-order valence-corrected chi connectivity index (χ4v) is 2.07. The van der Waals surface area contributed by atoms with Crippen molar-refractivity contribution >= 4 is 0 Å². The van der Waals surface area contributed by atoms with E-state index >= 15 is 0 Å². The van der Waals surface area contributed by atoms with Gasteiger partial charge in [-0.3, -0.25) is 0 Å². The maximum absolute atomic E-state index is 5.60. The van der Waals surface area contributed by atoms with Gasteiger partial charge in [0.25, 0.3) is 0 Å². The van der Waals surface area contributed by atoms with Crippen LogP contribution in [0, 0.1) is 6.92 Å². The lowest BCUT2D eigenvalue weighted by atomic mass is 10.1. The molecule has 1 aromatic rings. The van der Waals surface area contributed by atoms with Crippen molar-refractivity contribution in [1.82, 2.24) is 15.3 Å². The smallest absolute Gasteiger partial charge is 0.131 e. The summed E-state index contributed by atoms with van der Waals surface area (Å²) < 4.78 is 5.60. The fourth-order valence-electron chi connectivity index (χ4n) is 2.07. The molecule has 1 atom stereocenters. The van der Waals surface area contributed by atoms with Crippen LogP contribution in [0.4, 0.5) is 0 Å². The number of hydrogen-bond acceptors (Lipinski definition) is 4. The highest BCUT2D eigenvalue weighted by atomic mass is 16.5. The lowest BCUT2D eigenvalue weighted by Crippen LogP contribution is -2.15. The molecule has 1 aliphatic rings. The van der Waals surface area contributed by atoms with Crippen molar-refractivity contribution in [2.75, 3.05) is 13.7 Å². The molecule has 1 aliphatic heterocycles. The van der Waals surface area contributed by atoms with E-state index in [1.807, 2.05) is 20.0 Å². The Hall–Kier alpha value is -1.00. The van der Waals surface area contributed by atoms with Gasteiger partial charge in [0.2, 0.25) is 0 Å². The van der Waals surface area contributed by atoms with Crippen molar-refractivity contribution in [3.63, 3.8) is 0 Å². The molecule has 2 rings (SSSR count). The zero-order valence-electron chi connectivity index (χ0n) is 9.99. The van der Waals surface area contributed by atoms with Gasteiger partial charge in [-0.25, -0.2) is 9.97 Å². The lowest BCUT2D eigenvalue weighted by molar-refractivity contribution is 0.110. The van der Waals surface area contributed by atoms with Gasteiger partial charge in [0.15, 0.2) is 0 Å². The monoisotopic (exact) mass is 221 g/mol. The SMILES string of the molecule is CNCc1cc(C)nc(CC2CCCO2)n1. The molecule has 88 valence electrons. The summed E-state index contributed by atoms with van der Waals surface area (Å²) in [5, 5.41) is 3.11. The van der Waals surface area contributed by atoms with Gasteiger partial charge in [0, 0.05) is 25.3 Å². The van der Waals surface area contributed by atoms with Crippen LogP contribution in [0.25, 0.3) is 0 Å². The molecule has 0 bridgehead atoms. The predicted molar refractivity (Wildman–Crippen MR) is 62.2 cm³/mol. The molecule has 1 fully saturated rings. The van der Waals surface area contributed by atoms with Crippen molar-refractivity contribution in [1.29, 1.82) is 0 Å². The second-order valence-corrected chi connectivity index (χ2v) is 4.29. The van der Waals surface area contributed by atoms with Crippen LogP contribution < -0.4 is 5.32 Å². The molecule has 0 aliphatic carbocycles. The molecular weight excluding hydrogens is 202 g/mol. The number of hydrogen-bond donors (Lipinski definition) is 1. The van der Waals surface area contributed by atoms with E-state index in [2.05, 4.69) is 15.3 Å². The summed E-state index contributed by atoms with van der Waals surface area (Å²) in [7, 11) is 1.93. The van der Waals surface area contributed by atoms with Crippen LogP contribution in [-0.2, 0) is 17.7 Å². The van der Waals surface area contributed by atoms with Crippen molar-refractivity contribution in [3.05, 3.63) is 23.3 Å². The highest BCUT2D eigenvalue weighted by molar-refractivity contribution is 5.10. The summed E-state index contributed by atoms with van der Waals surface area (Å²) in [6.45, 7) is 3.70. The molecular formula is C12H19N3O. The first-order valence-corrected chi connectivity index (χ1v) is 5.87. The molecule has 0 aromatic carbocycles. The second kappa shape index (κ2) is 5.37. The zero-order valence-corrected chi connectivity index (χ0v) is 9.99. The largest absolute Gasteiger partial charge is 0.378 e. The molecule has 4 nitrogen and oxygen atoms in total. The van der Waals surface area contributed by atoms with Gasteiger partial charge in [0.05, 0.1) is 11.8 Å². The highest BCUT2D eigenvalue weighted by Crippen LogP contribution is 2.15. The number of nitrogens with one attached hydrogen (secondary N) is 1. The van der Waals surface area contributed by atoms with E-state index in [1.165, 1.54) is 6.42 Å². The third kappa shape index (κ3) is 3.00. The quantitative estimate of drug-likeness (QED) is 0.830. The molecule has 0 radical (unpaired) electrons. The first kappa shape index (κ1) is 11.5. The second-order valence-electron chi connectivity index (χ2n) is 4.29. The minimum Gasteiger partial charge on any atom is -0.378 e. The van der Waals surface area contributed by atoms with Crippen molar-refractivity contribution in [2.24, 2.45) is 0 Å². The summed E-state index contributed by atoms with van der Waals surface area (Å²) in [5.41, 5.74) is 2.09. The third-order valence-electron chi connectivity index (χ3n) is 2.75. The molecule has 1 N–H and O–H groups in total. The van der Waals surface area contributed by atoms with Crippen LogP contribution in [0.2, 0.25) is 0 Å². The molecule has 4 heteroatoms. The Bertz CT molecular complexity index is 348. The maximum atomic E-state index is 5.60. The molecule has 1 saturated heterocycles. The van der Waals surface area contributed by atoms with Gasteiger partial charge < -0.3 is 10.1 Å². The van der Waals surface area contributed by atoms with Crippen LogP contribution in [0.5, 0.6) is 0 Å². The average Bonchev–Trinajstić information content (AvgIpc) is 2.70. The van der Waals surface area contributed by atoms with E-state index in [1.54, 1.807) is 0 Å². The maximum Gasteiger partial charge on any atom is 0.131 e. The Morgan fingerprint density at radius 3 is 3.06 bits per heavy atom. The Balaban J connectivity index is 2.06.